The monoisotopic (exact) mass is 505 g/mol. The molecule has 36 heavy (non-hydrogen) atoms. The summed E-state index contributed by atoms with van der Waals surface area (Å²) in [5.74, 6) is 0.447. The van der Waals surface area contributed by atoms with Crippen molar-refractivity contribution in [1.82, 2.24) is 4.90 Å². The summed E-state index contributed by atoms with van der Waals surface area (Å²) in [6.07, 6.45) is -0.00263. The van der Waals surface area contributed by atoms with Crippen LogP contribution in [0.1, 0.15) is 23.1 Å². The number of aliphatic imine (C=N–C) groups is 1. The van der Waals surface area contributed by atoms with Gasteiger partial charge in [0.05, 0.1) is 12.2 Å². The van der Waals surface area contributed by atoms with Crippen molar-refractivity contribution in [3.63, 3.8) is 0 Å². The van der Waals surface area contributed by atoms with Crippen LogP contribution in [0.5, 0.6) is 11.5 Å². The molecule has 2 heterocycles. The van der Waals surface area contributed by atoms with Gasteiger partial charge in [-0.2, -0.15) is 0 Å². The lowest BCUT2D eigenvalue weighted by Gasteiger charge is -2.17. The van der Waals surface area contributed by atoms with Gasteiger partial charge in [-0.05, 0) is 66.9 Å². The zero-order chi connectivity index (χ0) is 25.2. The molecule has 7 nitrogen and oxygen atoms in total. The first-order valence-electron chi connectivity index (χ1n) is 11.4. The Balaban J connectivity index is 1.38. The molecule has 9 heteroatoms. The van der Waals surface area contributed by atoms with E-state index in [2.05, 4.69) is 10.3 Å². The van der Waals surface area contributed by atoms with Crippen LogP contribution < -0.4 is 14.8 Å². The number of fused-ring (bicyclic) bond motifs is 1. The third-order valence-electron chi connectivity index (χ3n) is 5.97. The van der Waals surface area contributed by atoms with Gasteiger partial charge in [0, 0.05) is 12.1 Å². The smallest absolute Gasteiger partial charge is 0.242 e. The van der Waals surface area contributed by atoms with Gasteiger partial charge in [-0.3, -0.25) is 14.5 Å². The Morgan fingerprint density at radius 1 is 1.08 bits per heavy atom. The highest BCUT2D eigenvalue weighted by Gasteiger charge is 2.39. The van der Waals surface area contributed by atoms with Crippen LogP contribution in [0.4, 0.5) is 15.8 Å². The molecule has 0 aromatic heterocycles. The number of amidine groups is 1. The largest absolute Gasteiger partial charge is 0.454 e. The number of ether oxygens (including phenoxy) is 2. The second-order valence-electron chi connectivity index (χ2n) is 8.61. The van der Waals surface area contributed by atoms with Crippen molar-refractivity contribution in [2.24, 2.45) is 4.99 Å². The predicted molar refractivity (Wildman–Crippen MR) is 137 cm³/mol. The maximum absolute atomic E-state index is 13.4. The lowest BCUT2D eigenvalue weighted by Crippen LogP contribution is -2.33. The van der Waals surface area contributed by atoms with E-state index in [4.69, 9.17) is 9.47 Å². The average Bonchev–Trinajstić information content (AvgIpc) is 3.43. The number of rotatable bonds is 6. The minimum absolute atomic E-state index is 0.00263. The van der Waals surface area contributed by atoms with Crippen LogP contribution in [0.25, 0.3) is 0 Å². The number of nitrogens with one attached hydrogen (secondary N) is 1. The van der Waals surface area contributed by atoms with Crippen LogP contribution in [-0.4, -0.2) is 33.9 Å². The fourth-order valence-corrected chi connectivity index (χ4v) is 5.25. The Morgan fingerprint density at radius 2 is 1.81 bits per heavy atom. The Labute approximate surface area is 212 Å². The number of hydrogen-bond acceptors (Lipinski definition) is 6. The molecule has 3 aromatic rings. The molecule has 2 aliphatic rings. The summed E-state index contributed by atoms with van der Waals surface area (Å²) >= 11 is 1.23. The fraction of sp³-hybridized carbons (Fsp3) is 0.222. The van der Waals surface area contributed by atoms with Gasteiger partial charge in [0.15, 0.2) is 16.7 Å². The Bertz CT molecular complexity index is 1340. The molecular weight excluding hydrogens is 481 g/mol. The molecule has 2 amide bonds. The van der Waals surface area contributed by atoms with Gasteiger partial charge in [0.1, 0.15) is 11.1 Å². The zero-order valence-corrected chi connectivity index (χ0v) is 20.6. The van der Waals surface area contributed by atoms with Gasteiger partial charge in [0.2, 0.25) is 18.6 Å². The number of benzene rings is 3. The van der Waals surface area contributed by atoms with Crippen molar-refractivity contribution >= 4 is 40.1 Å². The van der Waals surface area contributed by atoms with Crippen molar-refractivity contribution in [1.29, 1.82) is 0 Å². The zero-order valence-electron chi connectivity index (χ0n) is 19.8. The van der Waals surface area contributed by atoms with Crippen molar-refractivity contribution in [3.05, 3.63) is 83.2 Å². The van der Waals surface area contributed by atoms with Crippen LogP contribution in [0, 0.1) is 19.7 Å². The van der Waals surface area contributed by atoms with Gasteiger partial charge in [-0.15, -0.1) is 0 Å². The molecule has 2 aliphatic heterocycles. The molecule has 3 aromatic carbocycles. The van der Waals surface area contributed by atoms with Gasteiger partial charge >= 0.3 is 0 Å². The standard InChI is InChI=1S/C27H24FN3O4S/c1-16-4-3-5-17(2)25(16)30-24(32)13-23-26(33)31(14-18-6-11-21-22(12-18)35-15-34-21)27(36-23)29-20-9-7-19(28)8-10-20/h3-12,23H,13-15H2,1-2H3,(H,30,32)/t23-/m0/s1. The highest BCUT2D eigenvalue weighted by molar-refractivity contribution is 8.15. The quantitative estimate of drug-likeness (QED) is 0.490. The summed E-state index contributed by atoms with van der Waals surface area (Å²) in [7, 11) is 0. The number of aryl methyl sites for hydroxylation is 2. The first-order chi connectivity index (χ1) is 17.4. The summed E-state index contributed by atoms with van der Waals surface area (Å²) in [5.41, 5.74) is 4.02. The number of thioether (sulfide) groups is 1. The number of hydrogen-bond donors (Lipinski definition) is 1. The van der Waals surface area contributed by atoms with E-state index in [1.165, 1.54) is 23.9 Å². The third kappa shape index (κ3) is 5.06. The number of halogens is 1. The molecule has 0 unspecified atom stereocenters. The van der Waals surface area contributed by atoms with E-state index in [-0.39, 0.29) is 37.4 Å². The van der Waals surface area contributed by atoms with E-state index >= 15 is 0 Å². The number of anilines is 1. The normalized spacial score (nSPS) is 17.6. The summed E-state index contributed by atoms with van der Waals surface area (Å²) in [6, 6.07) is 17.0. The molecule has 0 radical (unpaired) electrons. The third-order valence-corrected chi connectivity index (χ3v) is 7.14. The van der Waals surface area contributed by atoms with E-state index in [0.29, 0.717) is 22.4 Å². The molecule has 1 N–H and O–H groups in total. The Hall–Kier alpha value is -3.85. The first-order valence-corrected chi connectivity index (χ1v) is 12.3. The predicted octanol–water partition coefficient (Wildman–Crippen LogP) is 5.33. The molecule has 0 aliphatic carbocycles. The van der Waals surface area contributed by atoms with Crippen LogP contribution in [-0.2, 0) is 16.1 Å². The molecule has 1 atom stereocenters. The van der Waals surface area contributed by atoms with Crippen molar-refractivity contribution in [3.8, 4) is 11.5 Å². The number of carbonyl (C=O) groups excluding carboxylic acids is 2. The van der Waals surface area contributed by atoms with Crippen LogP contribution in [0.3, 0.4) is 0 Å². The lowest BCUT2D eigenvalue weighted by molar-refractivity contribution is -0.128. The molecular formula is C27H24FN3O4S. The van der Waals surface area contributed by atoms with Crippen molar-refractivity contribution < 1.29 is 23.5 Å². The molecule has 0 saturated carbocycles. The number of nitrogens with zero attached hydrogens (tertiary/aromatic N) is 2. The van der Waals surface area contributed by atoms with E-state index in [0.717, 1.165) is 22.4 Å². The molecule has 1 fully saturated rings. The number of para-hydroxylation sites is 1. The molecule has 0 spiro atoms. The topological polar surface area (TPSA) is 80.2 Å². The summed E-state index contributed by atoms with van der Waals surface area (Å²) in [5, 5.41) is 2.77. The highest BCUT2D eigenvalue weighted by Crippen LogP contribution is 2.36. The first kappa shape index (κ1) is 23.9. The fourth-order valence-electron chi connectivity index (χ4n) is 4.09. The molecule has 1 saturated heterocycles. The minimum atomic E-state index is -0.637. The van der Waals surface area contributed by atoms with Crippen molar-refractivity contribution in [2.75, 3.05) is 12.1 Å². The summed E-state index contributed by atoms with van der Waals surface area (Å²) in [4.78, 5) is 32.5. The van der Waals surface area contributed by atoms with E-state index in [1.54, 1.807) is 23.1 Å². The molecule has 184 valence electrons. The van der Waals surface area contributed by atoms with Gasteiger partial charge in [-0.1, -0.05) is 36.0 Å². The lowest BCUT2D eigenvalue weighted by atomic mass is 10.1. The number of carbonyl (C=O) groups is 2. The molecule has 5 rings (SSSR count). The van der Waals surface area contributed by atoms with Gasteiger partial charge in [0.25, 0.3) is 0 Å². The maximum atomic E-state index is 13.4. The van der Waals surface area contributed by atoms with E-state index < -0.39 is 5.25 Å². The Kier molecular flexibility index (Phi) is 6.65. The van der Waals surface area contributed by atoms with Crippen molar-refractivity contribution in [2.45, 2.75) is 32.1 Å². The van der Waals surface area contributed by atoms with E-state index in [1.807, 2.05) is 44.2 Å². The van der Waals surface area contributed by atoms with Crippen LogP contribution >= 0.6 is 11.8 Å². The average molecular weight is 506 g/mol. The summed E-state index contributed by atoms with van der Waals surface area (Å²) < 4.78 is 24.2. The van der Waals surface area contributed by atoms with E-state index in [9.17, 15) is 14.0 Å². The van der Waals surface area contributed by atoms with Gasteiger partial charge < -0.3 is 14.8 Å². The van der Waals surface area contributed by atoms with Crippen LogP contribution in [0.15, 0.2) is 65.7 Å². The molecule has 0 bridgehead atoms. The van der Waals surface area contributed by atoms with Crippen LogP contribution in [0.2, 0.25) is 0 Å². The second kappa shape index (κ2) is 10.0. The summed E-state index contributed by atoms with van der Waals surface area (Å²) in [6.45, 7) is 4.26. The Morgan fingerprint density at radius 3 is 2.56 bits per heavy atom. The minimum Gasteiger partial charge on any atom is -0.454 e. The highest BCUT2D eigenvalue weighted by atomic mass is 32.2. The maximum Gasteiger partial charge on any atom is 0.242 e. The van der Waals surface area contributed by atoms with Gasteiger partial charge in [-0.25, -0.2) is 9.38 Å². The SMILES string of the molecule is Cc1cccc(C)c1NC(=O)C[C@@H]1SC(=Nc2ccc(F)cc2)N(Cc2ccc3c(c2)OCO3)C1=O. The number of amides is 2. The second-order valence-corrected chi connectivity index (χ2v) is 9.78.